The van der Waals surface area contributed by atoms with Gasteiger partial charge in [0, 0.05) is 25.3 Å². The van der Waals surface area contributed by atoms with Gasteiger partial charge in [0.1, 0.15) is 0 Å². The molecule has 0 saturated heterocycles. The maximum Gasteiger partial charge on any atom is 0.170 e. The zero-order valence-electron chi connectivity index (χ0n) is 7.73. The van der Waals surface area contributed by atoms with Gasteiger partial charge < -0.3 is 15.8 Å². The Morgan fingerprint density at radius 2 is 1.85 bits per heavy atom. The molecule has 0 bridgehead atoms. The van der Waals surface area contributed by atoms with Gasteiger partial charge in [-0.25, -0.2) is 0 Å². The van der Waals surface area contributed by atoms with E-state index in [2.05, 4.69) is 5.16 Å². The second-order valence-electron chi connectivity index (χ2n) is 2.93. The van der Waals surface area contributed by atoms with Crippen LogP contribution in [0.15, 0.2) is 29.4 Å². The maximum atomic E-state index is 8.42. The molecule has 1 aromatic rings. The highest BCUT2D eigenvalue weighted by Crippen LogP contribution is 2.11. The lowest BCUT2D eigenvalue weighted by atomic mass is 10.2. The zero-order valence-corrected chi connectivity index (χ0v) is 7.73. The summed E-state index contributed by atoms with van der Waals surface area (Å²) in [6.45, 7) is 0. The fourth-order valence-corrected chi connectivity index (χ4v) is 0.988. The van der Waals surface area contributed by atoms with Crippen molar-refractivity contribution in [2.45, 2.75) is 0 Å². The first-order valence-corrected chi connectivity index (χ1v) is 3.90. The molecule has 13 heavy (non-hydrogen) atoms. The van der Waals surface area contributed by atoms with Gasteiger partial charge in [-0.3, -0.25) is 0 Å². The molecule has 70 valence electrons. The molecule has 0 saturated carbocycles. The Hall–Kier alpha value is -1.71. The molecule has 0 aliphatic carbocycles. The third-order valence-electron chi connectivity index (χ3n) is 1.79. The van der Waals surface area contributed by atoms with Crippen LogP contribution < -0.4 is 10.6 Å². The topological polar surface area (TPSA) is 61.8 Å². The van der Waals surface area contributed by atoms with Crippen molar-refractivity contribution in [1.29, 1.82) is 0 Å². The third kappa shape index (κ3) is 2.11. The van der Waals surface area contributed by atoms with Gasteiger partial charge >= 0.3 is 0 Å². The van der Waals surface area contributed by atoms with E-state index in [0.29, 0.717) is 5.56 Å². The molecule has 0 radical (unpaired) electrons. The number of hydrogen-bond acceptors (Lipinski definition) is 3. The summed E-state index contributed by atoms with van der Waals surface area (Å²) in [5.74, 6) is 0.130. The van der Waals surface area contributed by atoms with Crippen LogP contribution in [0.4, 0.5) is 5.69 Å². The number of oxime groups is 1. The number of nitrogens with two attached hydrogens (primary N) is 1. The largest absolute Gasteiger partial charge is 0.409 e. The van der Waals surface area contributed by atoms with Crippen molar-refractivity contribution in [2.75, 3.05) is 19.0 Å². The van der Waals surface area contributed by atoms with Gasteiger partial charge in [-0.05, 0) is 24.3 Å². The Morgan fingerprint density at radius 1 is 1.31 bits per heavy atom. The van der Waals surface area contributed by atoms with Crippen molar-refractivity contribution in [3.8, 4) is 0 Å². The van der Waals surface area contributed by atoms with E-state index < -0.39 is 0 Å². The van der Waals surface area contributed by atoms with E-state index in [1.807, 2.05) is 43.3 Å². The molecule has 1 rings (SSSR count). The molecular weight excluding hydrogens is 166 g/mol. The van der Waals surface area contributed by atoms with Crippen molar-refractivity contribution < 1.29 is 5.21 Å². The average Bonchev–Trinajstić information content (AvgIpc) is 2.17. The first kappa shape index (κ1) is 9.38. The van der Waals surface area contributed by atoms with Gasteiger partial charge in [0.15, 0.2) is 5.84 Å². The molecular formula is C9H13N3O. The fourth-order valence-electron chi connectivity index (χ4n) is 0.988. The molecule has 0 spiro atoms. The number of anilines is 1. The Labute approximate surface area is 77.3 Å². The summed E-state index contributed by atoms with van der Waals surface area (Å²) >= 11 is 0. The number of amidine groups is 1. The van der Waals surface area contributed by atoms with Crippen molar-refractivity contribution in [1.82, 2.24) is 0 Å². The van der Waals surface area contributed by atoms with Crippen LogP contribution in [0.1, 0.15) is 5.56 Å². The molecule has 3 N–H and O–H groups in total. The quantitative estimate of drug-likeness (QED) is 0.306. The molecule has 0 aliphatic rings. The minimum absolute atomic E-state index is 0.130. The fraction of sp³-hybridized carbons (Fsp3) is 0.222. The van der Waals surface area contributed by atoms with Crippen molar-refractivity contribution in [3.05, 3.63) is 29.8 Å². The van der Waals surface area contributed by atoms with Gasteiger partial charge in [0.05, 0.1) is 0 Å². The van der Waals surface area contributed by atoms with Crippen LogP contribution in [-0.2, 0) is 0 Å². The SMILES string of the molecule is CN(C)c1ccc(/C(N)=N\O)cc1. The van der Waals surface area contributed by atoms with E-state index >= 15 is 0 Å². The zero-order chi connectivity index (χ0) is 9.84. The molecule has 4 heteroatoms. The highest BCUT2D eigenvalue weighted by atomic mass is 16.4. The molecule has 0 unspecified atom stereocenters. The summed E-state index contributed by atoms with van der Waals surface area (Å²) < 4.78 is 0. The first-order valence-electron chi connectivity index (χ1n) is 3.90. The lowest BCUT2D eigenvalue weighted by Crippen LogP contribution is -2.13. The van der Waals surface area contributed by atoms with Crippen molar-refractivity contribution in [3.63, 3.8) is 0 Å². The van der Waals surface area contributed by atoms with Crippen LogP contribution >= 0.6 is 0 Å². The second kappa shape index (κ2) is 3.80. The highest BCUT2D eigenvalue weighted by molar-refractivity contribution is 5.97. The van der Waals surface area contributed by atoms with E-state index in [4.69, 9.17) is 10.9 Å². The van der Waals surface area contributed by atoms with E-state index in [0.717, 1.165) is 5.69 Å². The molecule has 0 aliphatic heterocycles. The Bertz CT molecular complexity index is 303. The van der Waals surface area contributed by atoms with Crippen LogP contribution in [0.25, 0.3) is 0 Å². The summed E-state index contributed by atoms with van der Waals surface area (Å²) in [5, 5.41) is 11.3. The van der Waals surface area contributed by atoms with Gasteiger partial charge in [-0.2, -0.15) is 0 Å². The number of rotatable bonds is 2. The highest BCUT2D eigenvalue weighted by Gasteiger charge is 1.99. The van der Waals surface area contributed by atoms with Crippen LogP contribution in [0.5, 0.6) is 0 Å². The summed E-state index contributed by atoms with van der Waals surface area (Å²) in [5.41, 5.74) is 7.20. The number of benzene rings is 1. The lowest BCUT2D eigenvalue weighted by molar-refractivity contribution is 0.318. The van der Waals surface area contributed by atoms with Crippen LogP contribution in [-0.4, -0.2) is 25.1 Å². The predicted molar refractivity (Wildman–Crippen MR) is 53.3 cm³/mol. The van der Waals surface area contributed by atoms with Crippen LogP contribution in [0, 0.1) is 0 Å². The minimum Gasteiger partial charge on any atom is -0.409 e. The standard InChI is InChI=1S/C9H13N3O/c1-12(2)8-5-3-7(4-6-8)9(10)11-13/h3-6,13H,1-2H3,(H2,10,11). The Morgan fingerprint density at radius 3 is 2.23 bits per heavy atom. The monoisotopic (exact) mass is 179 g/mol. The smallest absolute Gasteiger partial charge is 0.170 e. The van der Waals surface area contributed by atoms with E-state index in [1.165, 1.54) is 0 Å². The third-order valence-corrected chi connectivity index (χ3v) is 1.79. The Balaban J connectivity index is 2.94. The van der Waals surface area contributed by atoms with Gasteiger partial charge in [-0.1, -0.05) is 5.16 Å². The van der Waals surface area contributed by atoms with Gasteiger partial charge in [0.25, 0.3) is 0 Å². The molecule has 0 amide bonds. The maximum absolute atomic E-state index is 8.42. The van der Waals surface area contributed by atoms with E-state index in [-0.39, 0.29) is 5.84 Å². The number of nitrogens with zero attached hydrogens (tertiary/aromatic N) is 2. The van der Waals surface area contributed by atoms with E-state index in [9.17, 15) is 0 Å². The molecule has 4 nitrogen and oxygen atoms in total. The second-order valence-corrected chi connectivity index (χ2v) is 2.93. The van der Waals surface area contributed by atoms with E-state index in [1.54, 1.807) is 0 Å². The average molecular weight is 179 g/mol. The van der Waals surface area contributed by atoms with Gasteiger partial charge in [-0.15, -0.1) is 0 Å². The number of hydrogen-bond donors (Lipinski definition) is 2. The van der Waals surface area contributed by atoms with Gasteiger partial charge in [0.2, 0.25) is 0 Å². The summed E-state index contributed by atoms with van der Waals surface area (Å²) in [6, 6.07) is 7.44. The summed E-state index contributed by atoms with van der Waals surface area (Å²) in [7, 11) is 3.91. The first-order chi connectivity index (χ1) is 6.15. The molecule has 0 aromatic heterocycles. The minimum atomic E-state index is 0.130. The van der Waals surface area contributed by atoms with Crippen molar-refractivity contribution >= 4 is 11.5 Å². The predicted octanol–water partition coefficient (Wildman–Crippen LogP) is 0.847. The lowest BCUT2D eigenvalue weighted by Gasteiger charge is -2.12. The van der Waals surface area contributed by atoms with Crippen LogP contribution in [0.2, 0.25) is 0 Å². The Kier molecular flexibility index (Phi) is 2.74. The molecule has 0 fully saturated rings. The van der Waals surface area contributed by atoms with Crippen LogP contribution in [0.3, 0.4) is 0 Å². The molecule has 0 atom stereocenters. The normalized spacial score (nSPS) is 11.4. The summed E-state index contributed by atoms with van der Waals surface area (Å²) in [6.07, 6.45) is 0. The molecule has 1 aromatic carbocycles. The summed E-state index contributed by atoms with van der Waals surface area (Å²) in [4.78, 5) is 1.98. The molecule has 0 heterocycles. The van der Waals surface area contributed by atoms with Crippen molar-refractivity contribution in [2.24, 2.45) is 10.9 Å².